The van der Waals surface area contributed by atoms with Crippen molar-refractivity contribution in [1.29, 1.82) is 0 Å². The van der Waals surface area contributed by atoms with Gasteiger partial charge in [0.15, 0.2) is 0 Å². The number of ether oxygens (including phenoxy) is 2. The van der Waals surface area contributed by atoms with Crippen molar-refractivity contribution in [2.24, 2.45) is 11.8 Å². The minimum atomic E-state index is -1.01. The van der Waals surface area contributed by atoms with Gasteiger partial charge in [0.25, 0.3) is 0 Å². The normalized spacial score (nSPS) is 27.4. The summed E-state index contributed by atoms with van der Waals surface area (Å²) in [6, 6.07) is 3.78. The number of carboxylic acids is 1. The number of carbonyl (C=O) groups is 2. The van der Waals surface area contributed by atoms with E-state index in [2.05, 4.69) is 20.9 Å². The number of pyridine rings is 1. The van der Waals surface area contributed by atoms with E-state index in [1.165, 1.54) is 0 Å². The first-order chi connectivity index (χ1) is 13.1. The standard InChI is InChI=1S/C20H27BrN2O5/c1-19(2,3)28-18(26)23-10-13-5-4-6-14(11-23)20(13,27-12-17(24)25)16-8-7-15(21)9-22-16/h7-9,13-14H,4-6,10-12H2,1-3H3,(H,24,25). The van der Waals surface area contributed by atoms with Gasteiger partial charge < -0.3 is 19.5 Å². The van der Waals surface area contributed by atoms with Gasteiger partial charge in [0.1, 0.15) is 17.8 Å². The van der Waals surface area contributed by atoms with Gasteiger partial charge in [0.2, 0.25) is 0 Å². The molecule has 0 aromatic carbocycles. The second kappa shape index (κ2) is 7.99. The number of carboxylic acid groups (broad SMARTS) is 1. The maximum Gasteiger partial charge on any atom is 0.410 e. The lowest BCUT2D eigenvalue weighted by molar-refractivity contribution is -0.194. The first kappa shape index (κ1) is 21.0. The highest BCUT2D eigenvalue weighted by atomic mass is 79.9. The Bertz CT molecular complexity index is 717. The number of likely N-dealkylation sites (tertiary alicyclic amines) is 1. The fourth-order valence-electron chi connectivity index (χ4n) is 4.42. The van der Waals surface area contributed by atoms with Gasteiger partial charge in [-0.1, -0.05) is 6.42 Å². The molecule has 2 heterocycles. The predicted molar refractivity (Wildman–Crippen MR) is 106 cm³/mol. The topological polar surface area (TPSA) is 89.0 Å². The van der Waals surface area contributed by atoms with Gasteiger partial charge in [-0.05, 0) is 61.7 Å². The molecular formula is C20H27BrN2O5. The smallest absolute Gasteiger partial charge is 0.410 e. The number of halogens is 1. The van der Waals surface area contributed by atoms with E-state index in [1.807, 2.05) is 32.9 Å². The van der Waals surface area contributed by atoms with Gasteiger partial charge in [-0.15, -0.1) is 0 Å². The third kappa shape index (κ3) is 4.33. The van der Waals surface area contributed by atoms with Crippen LogP contribution in [0.2, 0.25) is 0 Å². The van der Waals surface area contributed by atoms with Gasteiger partial charge in [-0.2, -0.15) is 0 Å². The average molecular weight is 455 g/mol. The maximum absolute atomic E-state index is 12.7. The predicted octanol–water partition coefficient (Wildman–Crippen LogP) is 3.81. The van der Waals surface area contributed by atoms with Crippen LogP contribution in [0.5, 0.6) is 0 Å². The number of aromatic nitrogens is 1. The van der Waals surface area contributed by atoms with E-state index in [1.54, 1.807) is 11.1 Å². The van der Waals surface area contributed by atoms with Gasteiger partial charge in [-0.3, -0.25) is 4.98 Å². The number of hydrogen-bond donors (Lipinski definition) is 1. The number of piperidine rings is 1. The average Bonchev–Trinajstić information content (AvgIpc) is 2.58. The van der Waals surface area contributed by atoms with Gasteiger partial charge >= 0.3 is 12.1 Å². The molecule has 3 rings (SSSR count). The van der Waals surface area contributed by atoms with Crippen LogP contribution in [0.1, 0.15) is 45.7 Å². The molecule has 1 N–H and O–H groups in total. The third-order valence-electron chi connectivity index (χ3n) is 5.41. The number of rotatable bonds is 4. The van der Waals surface area contributed by atoms with Gasteiger partial charge in [0, 0.05) is 35.6 Å². The zero-order chi connectivity index (χ0) is 20.5. The van der Waals surface area contributed by atoms with Crippen molar-refractivity contribution in [3.8, 4) is 0 Å². The summed E-state index contributed by atoms with van der Waals surface area (Å²) in [5, 5.41) is 9.24. The van der Waals surface area contributed by atoms with Gasteiger partial charge in [0.05, 0.1) is 5.69 Å². The van der Waals surface area contributed by atoms with E-state index >= 15 is 0 Å². The Hall–Kier alpha value is -1.67. The summed E-state index contributed by atoms with van der Waals surface area (Å²) < 4.78 is 12.5. The molecule has 1 saturated carbocycles. The summed E-state index contributed by atoms with van der Waals surface area (Å²) in [4.78, 5) is 30.2. The molecule has 2 atom stereocenters. The fraction of sp³-hybridized carbons (Fsp3) is 0.650. The molecule has 7 nitrogen and oxygen atoms in total. The molecule has 2 unspecified atom stereocenters. The molecule has 154 valence electrons. The number of aliphatic carboxylic acids is 1. The molecule has 2 bridgehead atoms. The zero-order valence-corrected chi connectivity index (χ0v) is 18.1. The van der Waals surface area contributed by atoms with Crippen molar-refractivity contribution in [2.75, 3.05) is 19.7 Å². The quantitative estimate of drug-likeness (QED) is 0.743. The second-order valence-corrected chi connectivity index (χ2v) is 9.46. The molecule has 1 aliphatic carbocycles. The lowest BCUT2D eigenvalue weighted by Crippen LogP contribution is -2.61. The van der Waals surface area contributed by atoms with Crippen LogP contribution >= 0.6 is 15.9 Å². The van der Waals surface area contributed by atoms with Crippen LogP contribution in [0.15, 0.2) is 22.8 Å². The zero-order valence-electron chi connectivity index (χ0n) is 16.5. The summed E-state index contributed by atoms with van der Waals surface area (Å²) in [6.45, 7) is 6.08. The van der Waals surface area contributed by atoms with Crippen LogP contribution in [0.25, 0.3) is 0 Å². The minimum absolute atomic E-state index is 0.0412. The highest BCUT2D eigenvalue weighted by molar-refractivity contribution is 9.10. The Balaban J connectivity index is 1.93. The van der Waals surface area contributed by atoms with Crippen molar-refractivity contribution in [3.05, 3.63) is 28.5 Å². The summed E-state index contributed by atoms with van der Waals surface area (Å²) in [5.74, 6) is -1.09. The van der Waals surface area contributed by atoms with Crippen LogP contribution in [-0.4, -0.2) is 52.4 Å². The molecule has 1 aromatic rings. The van der Waals surface area contributed by atoms with Crippen LogP contribution in [0.3, 0.4) is 0 Å². The van der Waals surface area contributed by atoms with Crippen LogP contribution < -0.4 is 0 Å². The molecule has 1 saturated heterocycles. The molecule has 1 aromatic heterocycles. The van der Waals surface area contributed by atoms with E-state index in [0.717, 1.165) is 29.4 Å². The number of fused-ring (bicyclic) bond motifs is 2. The highest BCUT2D eigenvalue weighted by Crippen LogP contribution is 2.51. The lowest BCUT2D eigenvalue weighted by atomic mass is 9.63. The number of carbonyl (C=O) groups excluding carboxylic acids is 1. The number of amides is 1. The van der Waals surface area contributed by atoms with E-state index in [4.69, 9.17) is 9.47 Å². The SMILES string of the molecule is CC(C)(C)OC(=O)N1CC2CCCC(C1)C2(OCC(=O)O)c1ccc(Br)cn1. The summed E-state index contributed by atoms with van der Waals surface area (Å²) in [7, 11) is 0. The molecule has 1 aliphatic heterocycles. The van der Waals surface area contributed by atoms with E-state index in [0.29, 0.717) is 13.1 Å². The summed E-state index contributed by atoms with van der Waals surface area (Å²) in [5.41, 5.74) is -0.639. The summed E-state index contributed by atoms with van der Waals surface area (Å²) in [6.07, 6.45) is 4.07. The molecule has 2 fully saturated rings. The molecule has 8 heteroatoms. The Morgan fingerprint density at radius 2 is 1.93 bits per heavy atom. The van der Waals surface area contributed by atoms with Crippen molar-refractivity contribution in [2.45, 2.75) is 51.2 Å². The summed E-state index contributed by atoms with van der Waals surface area (Å²) >= 11 is 3.40. The number of nitrogens with zero attached hydrogens (tertiary/aromatic N) is 2. The van der Waals surface area contributed by atoms with Crippen molar-refractivity contribution in [3.63, 3.8) is 0 Å². The minimum Gasteiger partial charge on any atom is -0.480 e. The second-order valence-electron chi connectivity index (χ2n) is 8.55. The van der Waals surface area contributed by atoms with Crippen molar-refractivity contribution < 1.29 is 24.2 Å². The molecule has 2 aliphatic rings. The van der Waals surface area contributed by atoms with Crippen LogP contribution in [0, 0.1) is 11.8 Å². The highest BCUT2D eigenvalue weighted by Gasteiger charge is 2.56. The van der Waals surface area contributed by atoms with E-state index in [-0.39, 0.29) is 17.9 Å². The Labute approximate surface area is 173 Å². The first-order valence-electron chi connectivity index (χ1n) is 9.57. The van der Waals surface area contributed by atoms with Crippen LogP contribution in [0.4, 0.5) is 4.79 Å². The molecular weight excluding hydrogens is 428 g/mol. The first-order valence-corrected chi connectivity index (χ1v) is 10.4. The van der Waals surface area contributed by atoms with Crippen LogP contribution in [-0.2, 0) is 19.9 Å². The Morgan fingerprint density at radius 1 is 1.29 bits per heavy atom. The van der Waals surface area contributed by atoms with E-state index < -0.39 is 23.8 Å². The Morgan fingerprint density at radius 3 is 2.43 bits per heavy atom. The maximum atomic E-state index is 12.7. The molecule has 0 spiro atoms. The Kier molecular flexibility index (Phi) is 6.00. The van der Waals surface area contributed by atoms with Gasteiger partial charge in [-0.25, -0.2) is 9.59 Å². The molecule has 0 radical (unpaired) electrons. The molecule has 1 amide bonds. The van der Waals surface area contributed by atoms with E-state index in [9.17, 15) is 14.7 Å². The van der Waals surface area contributed by atoms with Crippen molar-refractivity contribution in [1.82, 2.24) is 9.88 Å². The fourth-order valence-corrected chi connectivity index (χ4v) is 4.66. The number of hydrogen-bond acceptors (Lipinski definition) is 5. The lowest BCUT2D eigenvalue weighted by Gasteiger charge is -2.54. The monoisotopic (exact) mass is 454 g/mol. The largest absolute Gasteiger partial charge is 0.480 e. The van der Waals surface area contributed by atoms with Crippen molar-refractivity contribution >= 4 is 28.0 Å². The third-order valence-corrected chi connectivity index (χ3v) is 5.88. The molecule has 28 heavy (non-hydrogen) atoms.